The van der Waals surface area contributed by atoms with Crippen LogP contribution in [0.4, 0.5) is 0 Å². The minimum atomic E-state index is -1.64. The zero-order valence-corrected chi connectivity index (χ0v) is 21.9. The van der Waals surface area contributed by atoms with E-state index in [4.69, 9.17) is 9.47 Å². The Morgan fingerprint density at radius 2 is 1.21 bits per heavy atom. The first kappa shape index (κ1) is 27.8. The smallest absolute Gasteiger partial charge is 0.200 e. The van der Waals surface area contributed by atoms with Crippen LogP contribution >= 0.6 is 0 Å². The second-order valence-electron chi connectivity index (χ2n) is 10.5. The lowest BCUT2D eigenvalue weighted by Gasteiger charge is -2.40. The summed E-state index contributed by atoms with van der Waals surface area (Å²) in [5.74, 6) is -6.77. The molecule has 43 heavy (non-hydrogen) atoms. The van der Waals surface area contributed by atoms with Crippen LogP contribution in [-0.2, 0) is 6.42 Å². The monoisotopic (exact) mass is 594 g/mol. The van der Waals surface area contributed by atoms with Gasteiger partial charge in [0.15, 0.2) is 41.0 Å². The van der Waals surface area contributed by atoms with E-state index in [0.717, 1.165) is 30.3 Å². The van der Waals surface area contributed by atoms with Crippen LogP contribution in [0.5, 0.6) is 63.2 Å². The average molecular weight is 595 g/mol. The van der Waals surface area contributed by atoms with Crippen molar-refractivity contribution in [3.05, 3.63) is 76.3 Å². The molecule has 11 N–H and O–H groups in total. The Kier molecular flexibility index (Phi) is 6.36. The number of aliphatic hydroxyl groups is 2. The minimum absolute atomic E-state index is 0.0258. The molecule has 0 radical (unpaired) electrons. The number of aromatic hydroxyl groups is 9. The molecule has 0 unspecified atom stereocenters. The van der Waals surface area contributed by atoms with Crippen LogP contribution in [0.15, 0.2) is 48.5 Å². The summed E-state index contributed by atoms with van der Waals surface area (Å²) in [5, 5.41) is 116. The van der Waals surface area contributed by atoms with Gasteiger partial charge >= 0.3 is 0 Å². The molecule has 13 heteroatoms. The molecule has 0 bridgehead atoms. The molecule has 2 aliphatic rings. The van der Waals surface area contributed by atoms with Gasteiger partial charge in [-0.3, -0.25) is 0 Å². The molecule has 0 aliphatic carbocycles. The van der Waals surface area contributed by atoms with Crippen LogP contribution < -0.4 is 9.47 Å². The van der Waals surface area contributed by atoms with E-state index in [9.17, 15) is 56.2 Å². The van der Waals surface area contributed by atoms with Gasteiger partial charge in [0.25, 0.3) is 0 Å². The zero-order valence-electron chi connectivity index (χ0n) is 21.9. The molecule has 0 saturated carbocycles. The molecule has 5 atom stereocenters. The molecule has 4 aromatic rings. The zero-order chi connectivity index (χ0) is 30.9. The van der Waals surface area contributed by atoms with Gasteiger partial charge in [0, 0.05) is 46.9 Å². The van der Waals surface area contributed by atoms with E-state index in [2.05, 4.69) is 0 Å². The topological polar surface area (TPSA) is 241 Å². The van der Waals surface area contributed by atoms with Gasteiger partial charge in [0.1, 0.15) is 40.6 Å². The number of phenols is 9. The van der Waals surface area contributed by atoms with Crippen molar-refractivity contribution in [2.75, 3.05) is 0 Å². The van der Waals surface area contributed by atoms with Crippen molar-refractivity contribution in [1.29, 1.82) is 0 Å². The number of hydrogen-bond acceptors (Lipinski definition) is 13. The van der Waals surface area contributed by atoms with Gasteiger partial charge in [-0.25, -0.2) is 0 Å². The Morgan fingerprint density at radius 1 is 0.558 bits per heavy atom. The van der Waals surface area contributed by atoms with Crippen LogP contribution in [0.1, 0.15) is 45.9 Å². The molecule has 6 rings (SSSR count). The Bertz CT molecular complexity index is 1750. The molecular weight excluding hydrogens is 568 g/mol. The van der Waals surface area contributed by atoms with E-state index in [0.29, 0.717) is 0 Å². The molecule has 0 amide bonds. The first-order chi connectivity index (χ1) is 20.3. The summed E-state index contributed by atoms with van der Waals surface area (Å²) in [6.07, 6.45) is -5.87. The van der Waals surface area contributed by atoms with Gasteiger partial charge in [-0.15, -0.1) is 0 Å². The molecule has 13 nitrogen and oxygen atoms in total. The number of rotatable bonds is 3. The lowest BCUT2D eigenvalue weighted by molar-refractivity contribution is 0.00113. The number of fused-ring (bicyclic) bond motifs is 2. The number of benzene rings is 4. The fourth-order valence-electron chi connectivity index (χ4n) is 5.78. The lowest BCUT2D eigenvalue weighted by atomic mass is 9.77. The van der Waals surface area contributed by atoms with Crippen molar-refractivity contribution in [1.82, 2.24) is 0 Å². The molecule has 0 spiro atoms. The minimum Gasteiger partial charge on any atom is -0.508 e. The molecule has 2 aliphatic heterocycles. The summed E-state index contributed by atoms with van der Waals surface area (Å²) in [4.78, 5) is 0. The van der Waals surface area contributed by atoms with Crippen LogP contribution in [-0.4, -0.2) is 68.4 Å². The van der Waals surface area contributed by atoms with Gasteiger partial charge in [-0.1, -0.05) is 6.07 Å². The number of hydrogen-bond donors (Lipinski definition) is 11. The van der Waals surface area contributed by atoms with E-state index in [1.54, 1.807) is 0 Å². The Morgan fingerprint density at radius 3 is 1.88 bits per heavy atom. The van der Waals surface area contributed by atoms with Crippen LogP contribution in [0.25, 0.3) is 0 Å². The van der Waals surface area contributed by atoms with Gasteiger partial charge in [-0.2, -0.15) is 0 Å². The van der Waals surface area contributed by atoms with Crippen molar-refractivity contribution in [3.63, 3.8) is 0 Å². The Labute approximate surface area is 242 Å². The molecule has 0 saturated heterocycles. The summed E-state index contributed by atoms with van der Waals surface area (Å²) in [5.41, 5.74) is 0.0126. The standard InChI is InChI=1S/C30H26O13/c31-12-6-17(35)23-22(7-12)42-29(10-1-2-14(32)16(34)3-10)27(41)25(23)24-18(36)9-15(33)13-8-21(39)28(43-30(13)24)11-4-19(37)26(40)20(38)5-11/h1-7,9,21,25,27-29,31-41H,8H2/t21-,25-,27-,28-,29+/m0/s1. The van der Waals surface area contributed by atoms with Crippen molar-refractivity contribution >= 4 is 0 Å². The summed E-state index contributed by atoms with van der Waals surface area (Å²) in [7, 11) is 0. The van der Waals surface area contributed by atoms with Crippen LogP contribution in [0, 0.1) is 0 Å². The third-order valence-electron chi connectivity index (χ3n) is 7.77. The van der Waals surface area contributed by atoms with Gasteiger partial charge < -0.3 is 65.6 Å². The average Bonchev–Trinajstić information content (AvgIpc) is 2.94. The fraction of sp³-hybridized carbons (Fsp3) is 0.200. The Hall–Kier alpha value is -5.40. The second kappa shape index (κ2) is 9.86. The summed E-state index contributed by atoms with van der Waals surface area (Å²) < 4.78 is 12.0. The molecule has 2 heterocycles. The number of aliphatic hydroxyl groups excluding tert-OH is 2. The second-order valence-corrected chi connectivity index (χ2v) is 10.5. The molecule has 0 aromatic heterocycles. The highest BCUT2D eigenvalue weighted by Gasteiger charge is 2.46. The van der Waals surface area contributed by atoms with Crippen LogP contribution in [0.2, 0.25) is 0 Å². The maximum Gasteiger partial charge on any atom is 0.200 e. The van der Waals surface area contributed by atoms with Crippen molar-refractivity contribution < 1.29 is 65.6 Å². The first-order valence-corrected chi connectivity index (χ1v) is 12.9. The van der Waals surface area contributed by atoms with Gasteiger partial charge in [-0.05, 0) is 29.8 Å². The normalized spacial score (nSPS) is 22.6. The summed E-state index contributed by atoms with van der Waals surface area (Å²) in [6.45, 7) is 0. The Balaban J connectivity index is 1.56. The summed E-state index contributed by atoms with van der Waals surface area (Å²) >= 11 is 0. The van der Waals surface area contributed by atoms with E-state index in [1.165, 1.54) is 18.2 Å². The highest BCUT2D eigenvalue weighted by Crippen LogP contribution is 2.57. The molecule has 4 aromatic carbocycles. The predicted molar refractivity (Wildman–Crippen MR) is 145 cm³/mol. The highest BCUT2D eigenvalue weighted by molar-refractivity contribution is 5.66. The van der Waals surface area contributed by atoms with E-state index >= 15 is 0 Å². The van der Waals surface area contributed by atoms with Crippen molar-refractivity contribution in [2.45, 2.75) is 36.8 Å². The largest absolute Gasteiger partial charge is 0.508 e. The van der Waals surface area contributed by atoms with E-state index < -0.39 is 76.3 Å². The van der Waals surface area contributed by atoms with Crippen molar-refractivity contribution in [3.8, 4) is 63.2 Å². The SMILES string of the molecule is Oc1cc(O)c2c(c1)O[C@H](c1ccc(O)c(O)c1)[C@@H](O)[C@@H]2c1c(O)cc(O)c2c1O[C@@H](c1cc(O)c(O)c(O)c1)[C@@H](O)C2. The lowest BCUT2D eigenvalue weighted by Crippen LogP contribution is -2.36. The predicted octanol–water partition coefficient (Wildman–Crippen LogP) is 2.70. The highest BCUT2D eigenvalue weighted by atomic mass is 16.5. The summed E-state index contributed by atoms with van der Waals surface area (Å²) in [6, 6.07) is 8.92. The number of phenolic OH excluding ortho intramolecular Hbond substituents is 9. The van der Waals surface area contributed by atoms with E-state index in [1.807, 2.05) is 0 Å². The van der Waals surface area contributed by atoms with Gasteiger partial charge in [0.2, 0.25) is 0 Å². The maximum absolute atomic E-state index is 11.8. The van der Waals surface area contributed by atoms with Gasteiger partial charge in [0.05, 0.1) is 12.0 Å². The van der Waals surface area contributed by atoms with Crippen LogP contribution in [0.3, 0.4) is 0 Å². The maximum atomic E-state index is 11.8. The molecule has 0 fully saturated rings. The molecule has 224 valence electrons. The third kappa shape index (κ3) is 4.42. The van der Waals surface area contributed by atoms with Crippen molar-refractivity contribution in [2.24, 2.45) is 0 Å². The molecular formula is C30H26O13. The first-order valence-electron chi connectivity index (χ1n) is 12.9. The third-order valence-corrected chi connectivity index (χ3v) is 7.77. The van der Waals surface area contributed by atoms with E-state index in [-0.39, 0.29) is 51.5 Å². The quantitative estimate of drug-likeness (QED) is 0.153. The number of ether oxygens (including phenoxy) is 2. The fourth-order valence-corrected chi connectivity index (χ4v) is 5.78.